The van der Waals surface area contributed by atoms with Gasteiger partial charge in [0.25, 0.3) is 5.92 Å². The summed E-state index contributed by atoms with van der Waals surface area (Å²) in [7, 11) is -1.97. The Morgan fingerprint density at radius 1 is 1.20 bits per heavy atom. The zero-order chi connectivity index (χ0) is 21.7. The predicted molar refractivity (Wildman–Crippen MR) is 109 cm³/mol. The number of hydrogen-bond donors (Lipinski definition) is 2. The third-order valence-electron chi connectivity index (χ3n) is 5.31. The summed E-state index contributed by atoms with van der Waals surface area (Å²) in [4.78, 5) is 0. The molecule has 1 aliphatic heterocycles. The van der Waals surface area contributed by atoms with Crippen molar-refractivity contribution < 1.29 is 22.6 Å². The van der Waals surface area contributed by atoms with Crippen LogP contribution in [0.4, 0.5) is 20.2 Å². The van der Waals surface area contributed by atoms with Gasteiger partial charge in [-0.25, -0.2) is 8.78 Å². The Kier molecular flexibility index (Phi) is 4.74. The maximum absolute atomic E-state index is 13.4. The Hall–Kier alpha value is -3.05. The third kappa shape index (κ3) is 3.29. The Morgan fingerprint density at radius 2 is 1.93 bits per heavy atom. The normalized spacial score (nSPS) is 21.4. The highest BCUT2D eigenvalue weighted by Crippen LogP contribution is 2.63. The van der Waals surface area contributed by atoms with Crippen LogP contribution in [0.5, 0.6) is 5.75 Å². The molecule has 1 heterocycles. The largest absolute Gasteiger partial charge is 0.479 e. The van der Waals surface area contributed by atoms with E-state index in [1.807, 2.05) is 6.07 Å². The van der Waals surface area contributed by atoms with E-state index in [4.69, 9.17) is 10.00 Å². The first-order valence-electron chi connectivity index (χ1n) is 9.05. The van der Waals surface area contributed by atoms with Crippen LogP contribution in [0.15, 0.2) is 36.4 Å². The van der Waals surface area contributed by atoms with Crippen molar-refractivity contribution in [2.45, 2.75) is 12.3 Å². The number of halogens is 2. The molecule has 2 aliphatic rings. The molecule has 1 unspecified atom stereocenters. The average Bonchev–Trinajstić information content (AvgIpc) is 3.29. The topological polar surface area (TPSA) is 104 Å². The number of benzene rings is 2. The van der Waals surface area contributed by atoms with Crippen molar-refractivity contribution in [3.63, 3.8) is 0 Å². The molecule has 0 spiro atoms. The van der Waals surface area contributed by atoms with E-state index in [2.05, 4.69) is 6.07 Å². The van der Waals surface area contributed by atoms with Crippen molar-refractivity contribution in [2.24, 2.45) is 5.92 Å². The molecule has 1 aliphatic carbocycles. The van der Waals surface area contributed by atoms with Gasteiger partial charge in [-0.1, -0.05) is 6.07 Å². The lowest BCUT2D eigenvalue weighted by Crippen LogP contribution is -2.33. The molecule has 0 aromatic heterocycles. The molecule has 0 bridgehead atoms. The van der Waals surface area contributed by atoms with Crippen LogP contribution in [-0.4, -0.2) is 35.2 Å². The first kappa shape index (κ1) is 20.2. The molecule has 1 atom stereocenters. The number of fused-ring (bicyclic) bond motifs is 1. The number of hydrogen-bond acceptors (Lipinski definition) is 7. The SMILES string of the molecule is CN1c2cc(-c3cc(OCC#N)ccc3C#N)ccc2N(CC2CC2(F)F)S1(O)O. The van der Waals surface area contributed by atoms with Crippen LogP contribution in [0.2, 0.25) is 0 Å². The molecular formula is C20H18F2N4O3S. The molecule has 30 heavy (non-hydrogen) atoms. The molecule has 4 rings (SSSR count). The van der Waals surface area contributed by atoms with Gasteiger partial charge in [-0.15, -0.1) is 0 Å². The van der Waals surface area contributed by atoms with Crippen molar-refractivity contribution in [1.82, 2.24) is 0 Å². The van der Waals surface area contributed by atoms with Gasteiger partial charge >= 0.3 is 0 Å². The maximum atomic E-state index is 13.4. The smallest absolute Gasteiger partial charge is 0.253 e. The number of nitrogens with zero attached hydrogens (tertiary/aromatic N) is 4. The van der Waals surface area contributed by atoms with Gasteiger partial charge in [0, 0.05) is 31.5 Å². The van der Waals surface area contributed by atoms with Crippen LogP contribution in [0.3, 0.4) is 0 Å². The van der Waals surface area contributed by atoms with Gasteiger partial charge in [-0.05, 0) is 46.9 Å². The molecule has 0 radical (unpaired) electrons. The molecule has 156 valence electrons. The summed E-state index contributed by atoms with van der Waals surface area (Å²) in [5.74, 6) is -3.27. The molecule has 0 saturated heterocycles. The summed E-state index contributed by atoms with van der Waals surface area (Å²) >= 11 is 0. The van der Waals surface area contributed by atoms with Crippen LogP contribution in [0.25, 0.3) is 11.1 Å². The third-order valence-corrected chi connectivity index (χ3v) is 7.18. The van der Waals surface area contributed by atoms with Crippen molar-refractivity contribution in [3.8, 4) is 29.0 Å². The summed E-state index contributed by atoms with van der Waals surface area (Å²) in [6.45, 7) is -0.299. The highest BCUT2D eigenvalue weighted by Gasteiger charge is 2.59. The molecule has 10 heteroatoms. The molecule has 1 saturated carbocycles. The fraction of sp³-hybridized carbons (Fsp3) is 0.300. The van der Waals surface area contributed by atoms with Crippen molar-refractivity contribution in [3.05, 3.63) is 42.0 Å². The van der Waals surface area contributed by atoms with Gasteiger partial charge in [0.05, 0.1) is 23.0 Å². The van der Waals surface area contributed by atoms with E-state index in [1.165, 1.54) is 15.7 Å². The summed E-state index contributed by atoms with van der Waals surface area (Å²) < 4.78 is 55.9. The fourth-order valence-electron chi connectivity index (χ4n) is 3.50. The number of ether oxygens (including phenoxy) is 1. The molecule has 2 aromatic carbocycles. The molecule has 2 aromatic rings. The zero-order valence-corrected chi connectivity index (χ0v) is 16.7. The number of alkyl halides is 2. The van der Waals surface area contributed by atoms with E-state index < -0.39 is 22.8 Å². The summed E-state index contributed by atoms with van der Waals surface area (Å²) in [6.07, 6.45) is -0.267. The lowest BCUT2D eigenvalue weighted by Gasteiger charge is -2.42. The molecule has 1 fully saturated rings. The fourth-order valence-corrected chi connectivity index (χ4v) is 5.00. The summed E-state index contributed by atoms with van der Waals surface area (Å²) in [5, 5.41) is 18.2. The monoisotopic (exact) mass is 432 g/mol. The van der Waals surface area contributed by atoms with Crippen molar-refractivity contribution >= 4 is 22.3 Å². The lowest BCUT2D eigenvalue weighted by molar-refractivity contribution is 0.101. The highest BCUT2D eigenvalue weighted by atomic mass is 32.3. The number of rotatable bonds is 5. The van der Waals surface area contributed by atoms with Gasteiger partial charge in [0.2, 0.25) is 0 Å². The first-order valence-corrected chi connectivity index (χ1v) is 10.5. The van der Waals surface area contributed by atoms with Gasteiger partial charge in [-0.2, -0.15) is 10.5 Å². The molecule has 2 N–H and O–H groups in total. The number of nitriles is 2. The quantitative estimate of drug-likeness (QED) is 0.710. The van der Waals surface area contributed by atoms with E-state index in [0.29, 0.717) is 33.8 Å². The van der Waals surface area contributed by atoms with Crippen LogP contribution < -0.4 is 13.3 Å². The Morgan fingerprint density at radius 3 is 2.57 bits per heavy atom. The first-order chi connectivity index (χ1) is 14.2. The second-order valence-electron chi connectivity index (χ2n) is 7.18. The summed E-state index contributed by atoms with van der Waals surface area (Å²) in [5.41, 5.74) is 2.45. The summed E-state index contributed by atoms with van der Waals surface area (Å²) in [6, 6.07) is 13.8. The molecule has 7 nitrogen and oxygen atoms in total. The molecular weight excluding hydrogens is 414 g/mol. The van der Waals surface area contributed by atoms with E-state index in [-0.39, 0.29) is 19.6 Å². The minimum atomic E-state index is -3.46. The Balaban J connectivity index is 1.72. The highest BCUT2D eigenvalue weighted by molar-refractivity contribution is 8.26. The maximum Gasteiger partial charge on any atom is 0.253 e. The van der Waals surface area contributed by atoms with Crippen LogP contribution in [0, 0.1) is 28.6 Å². The van der Waals surface area contributed by atoms with Crippen molar-refractivity contribution in [2.75, 3.05) is 28.8 Å². The second kappa shape index (κ2) is 7.03. The number of anilines is 2. The van der Waals surface area contributed by atoms with Crippen LogP contribution in [-0.2, 0) is 0 Å². The van der Waals surface area contributed by atoms with Crippen LogP contribution in [0.1, 0.15) is 12.0 Å². The molecule has 0 amide bonds. The minimum Gasteiger partial charge on any atom is -0.479 e. The van der Waals surface area contributed by atoms with E-state index in [1.54, 1.807) is 36.4 Å². The Bertz CT molecular complexity index is 1100. The minimum absolute atomic E-state index is 0.139. The van der Waals surface area contributed by atoms with E-state index >= 15 is 0 Å². The predicted octanol–water partition coefficient (Wildman–Crippen LogP) is 4.62. The van der Waals surface area contributed by atoms with Gasteiger partial charge < -0.3 is 4.74 Å². The second-order valence-corrected chi connectivity index (χ2v) is 9.15. The van der Waals surface area contributed by atoms with Crippen molar-refractivity contribution in [1.29, 1.82) is 10.5 Å². The zero-order valence-electron chi connectivity index (χ0n) is 15.9. The van der Waals surface area contributed by atoms with Gasteiger partial charge in [0.15, 0.2) is 6.61 Å². The van der Waals surface area contributed by atoms with E-state index in [9.17, 15) is 23.1 Å². The van der Waals surface area contributed by atoms with Crippen LogP contribution >= 0.6 is 11.0 Å². The lowest BCUT2D eigenvalue weighted by atomic mass is 9.99. The standard InChI is InChI=1S/C20H18F2N4O3S/c1-25-19-8-13(17-9-16(29-7-6-23)4-2-14(17)11-24)3-5-18(19)26(30(25,27)28)12-15-10-20(15,21)22/h2-5,8-9,15,27-28H,7,10,12H2,1H3. The van der Waals surface area contributed by atoms with E-state index in [0.717, 1.165) is 0 Å². The van der Waals surface area contributed by atoms with Gasteiger partial charge in [-0.3, -0.25) is 17.7 Å². The Labute approximate surface area is 173 Å². The van der Waals surface area contributed by atoms with Gasteiger partial charge in [0.1, 0.15) is 11.8 Å². The average molecular weight is 432 g/mol.